The Morgan fingerprint density at radius 1 is 1.11 bits per heavy atom. The van der Waals surface area contributed by atoms with Crippen LogP contribution in [0.2, 0.25) is 0 Å². The number of likely N-dealkylation sites (N-methyl/N-ethyl adjacent to an activating group) is 1. The highest BCUT2D eigenvalue weighted by Gasteiger charge is 2.06. The second-order valence-corrected chi connectivity index (χ2v) is 5.64. The van der Waals surface area contributed by atoms with E-state index >= 15 is 0 Å². The molecule has 0 spiro atoms. The summed E-state index contributed by atoms with van der Waals surface area (Å²) in [6, 6.07) is 6.91. The van der Waals surface area contributed by atoms with Crippen molar-refractivity contribution in [1.29, 1.82) is 0 Å². The number of rotatable bonds is 9. The molecule has 0 saturated carbocycles. The van der Waals surface area contributed by atoms with Crippen molar-refractivity contribution >= 4 is 29.4 Å². The second kappa shape index (κ2) is 14.0. The lowest BCUT2D eigenvalue weighted by Gasteiger charge is -2.15. The average Bonchev–Trinajstić information content (AvgIpc) is 2.64. The lowest BCUT2D eigenvalue weighted by Crippen LogP contribution is -3.12. The number of carbonyl (C=O) groups is 4. The van der Waals surface area contributed by atoms with Crippen LogP contribution in [0.5, 0.6) is 5.75 Å². The van der Waals surface area contributed by atoms with E-state index in [-0.39, 0.29) is 18.4 Å². The standard InChI is InChI=1S/C16H25N3O3.C2H2O4/c1-4-19(5-2)11-10-17-16(21)12-22-15-8-6-14(7-9-15)18-13(3)20;3-1(4)2(5)6/h6-9H,4-5,10-12H2,1-3H3,(H,17,21)(H,18,20);(H,3,4)(H,5,6). The number of anilines is 1. The molecule has 10 heteroatoms. The zero-order valence-electron chi connectivity index (χ0n) is 16.2. The molecule has 0 radical (unpaired) electrons. The fourth-order valence-electron chi connectivity index (χ4n) is 2.02. The van der Waals surface area contributed by atoms with Gasteiger partial charge < -0.3 is 35.3 Å². The zero-order valence-corrected chi connectivity index (χ0v) is 16.2. The maximum atomic E-state index is 11.7. The van der Waals surface area contributed by atoms with Crippen LogP contribution in [0.25, 0.3) is 0 Å². The summed E-state index contributed by atoms with van der Waals surface area (Å²) < 4.78 is 5.41. The van der Waals surface area contributed by atoms with Gasteiger partial charge in [0.05, 0.1) is 26.2 Å². The molecule has 2 amide bonds. The Balaban J connectivity index is 0.00000105. The predicted molar refractivity (Wildman–Crippen MR) is 98.8 cm³/mol. The molecule has 0 fully saturated rings. The summed E-state index contributed by atoms with van der Waals surface area (Å²) >= 11 is 0. The fourth-order valence-corrected chi connectivity index (χ4v) is 2.02. The normalized spacial score (nSPS) is 9.71. The Morgan fingerprint density at radius 3 is 2.07 bits per heavy atom. The Hall–Kier alpha value is -3.14. The first kappa shape index (κ1) is 24.9. The van der Waals surface area contributed by atoms with Crippen molar-refractivity contribution in [2.75, 3.05) is 38.1 Å². The lowest BCUT2D eigenvalue weighted by molar-refractivity contribution is -0.895. The van der Waals surface area contributed by atoms with Crippen molar-refractivity contribution in [3.63, 3.8) is 0 Å². The number of hydrogen-bond donors (Lipinski definition) is 4. The Labute approximate surface area is 163 Å². The molecule has 0 atom stereocenters. The number of hydrogen-bond acceptors (Lipinski definition) is 6. The van der Waals surface area contributed by atoms with Crippen molar-refractivity contribution in [2.45, 2.75) is 20.8 Å². The molecular weight excluding hydrogens is 370 g/mol. The summed E-state index contributed by atoms with van der Waals surface area (Å²) in [5.74, 6) is -3.66. The third kappa shape index (κ3) is 12.3. The van der Waals surface area contributed by atoms with Crippen LogP contribution in [-0.2, 0) is 19.2 Å². The van der Waals surface area contributed by atoms with Crippen LogP contribution < -0.4 is 25.4 Å². The highest BCUT2D eigenvalue weighted by molar-refractivity contribution is 6.26. The largest absolute Gasteiger partial charge is 0.539 e. The molecule has 156 valence electrons. The first-order valence-corrected chi connectivity index (χ1v) is 8.74. The molecule has 0 unspecified atom stereocenters. The van der Waals surface area contributed by atoms with Crippen LogP contribution >= 0.6 is 0 Å². The van der Waals surface area contributed by atoms with Gasteiger partial charge in [0.1, 0.15) is 5.75 Å². The second-order valence-electron chi connectivity index (χ2n) is 5.64. The third-order valence-electron chi connectivity index (χ3n) is 3.52. The van der Waals surface area contributed by atoms with Crippen LogP contribution in [-0.4, -0.2) is 61.6 Å². The number of nitrogens with one attached hydrogen (secondary N) is 3. The highest BCUT2D eigenvalue weighted by atomic mass is 16.5. The van der Waals surface area contributed by atoms with E-state index in [2.05, 4.69) is 24.5 Å². The van der Waals surface area contributed by atoms with Crippen molar-refractivity contribution in [1.82, 2.24) is 5.32 Å². The minimum absolute atomic E-state index is 0.00688. The van der Waals surface area contributed by atoms with Gasteiger partial charge in [0, 0.05) is 12.6 Å². The average molecular weight is 397 g/mol. The van der Waals surface area contributed by atoms with Crippen LogP contribution in [0.15, 0.2) is 24.3 Å². The predicted octanol–water partition coefficient (Wildman–Crippen LogP) is -2.11. The number of amides is 2. The smallest absolute Gasteiger partial charge is 0.351 e. The number of carboxylic acid groups (broad SMARTS) is 2. The van der Waals surface area contributed by atoms with Gasteiger partial charge in [-0.15, -0.1) is 0 Å². The molecule has 0 aliphatic carbocycles. The zero-order chi connectivity index (χ0) is 21.5. The quantitative estimate of drug-likeness (QED) is 0.348. The number of carboxylic acids is 2. The van der Waals surface area contributed by atoms with E-state index in [1.165, 1.54) is 11.8 Å². The number of benzene rings is 1. The minimum atomic E-state index is -2.07. The topological polar surface area (TPSA) is 149 Å². The number of carbonyl (C=O) groups excluding carboxylic acids is 3. The van der Waals surface area contributed by atoms with Gasteiger partial charge in [0.25, 0.3) is 5.91 Å². The lowest BCUT2D eigenvalue weighted by atomic mass is 10.3. The van der Waals surface area contributed by atoms with Gasteiger partial charge in [-0.3, -0.25) is 9.59 Å². The van der Waals surface area contributed by atoms with E-state index < -0.39 is 11.9 Å². The van der Waals surface area contributed by atoms with Gasteiger partial charge in [-0.05, 0) is 38.1 Å². The van der Waals surface area contributed by atoms with Crippen molar-refractivity contribution < 1.29 is 39.0 Å². The van der Waals surface area contributed by atoms with Crippen LogP contribution in [0.1, 0.15) is 20.8 Å². The van der Waals surface area contributed by atoms with Crippen LogP contribution in [0.3, 0.4) is 0 Å². The monoisotopic (exact) mass is 397 g/mol. The van der Waals surface area contributed by atoms with E-state index in [0.717, 1.165) is 19.6 Å². The molecule has 1 aromatic rings. The molecule has 1 rings (SSSR count). The van der Waals surface area contributed by atoms with Crippen molar-refractivity contribution in [3.05, 3.63) is 24.3 Å². The molecule has 1 aromatic carbocycles. The number of ether oxygens (including phenoxy) is 1. The van der Waals surface area contributed by atoms with Gasteiger partial charge >= 0.3 is 5.97 Å². The molecule has 0 aliphatic rings. The third-order valence-corrected chi connectivity index (χ3v) is 3.52. The van der Waals surface area contributed by atoms with E-state index in [9.17, 15) is 9.59 Å². The van der Waals surface area contributed by atoms with Gasteiger partial charge in [0.15, 0.2) is 12.6 Å². The number of quaternary nitrogens is 1. The van der Waals surface area contributed by atoms with E-state index in [0.29, 0.717) is 18.0 Å². The number of aliphatic carboxylic acids is 2. The van der Waals surface area contributed by atoms with E-state index in [4.69, 9.17) is 24.5 Å². The maximum Gasteiger partial charge on any atom is 0.351 e. The van der Waals surface area contributed by atoms with E-state index in [1.807, 2.05) is 0 Å². The Kier molecular flexibility index (Phi) is 12.4. The van der Waals surface area contributed by atoms with Crippen molar-refractivity contribution in [3.8, 4) is 5.75 Å². The van der Waals surface area contributed by atoms with Gasteiger partial charge in [-0.2, -0.15) is 0 Å². The minimum Gasteiger partial charge on any atom is -0.539 e. The van der Waals surface area contributed by atoms with Gasteiger partial charge in [-0.25, -0.2) is 4.79 Å². The van der Waals surface area contributed by atoms with Crippen molar-refractivity contribution in [2.24, 2.45) is 0 Å². The molecular formula is C18H27N3O7. The SMILES string of the molecule is CC[NH+](CC)CCNC(=O)COc1ccc(NC(C)=O)cc1.O=C([O-])C(=O)O. The molecule has 0 bridgehead atoms. The maximum absolute atomic E-state index is 11.7. The van der Waals surface area contributed by atoms with Gasteiger partial charge in [0.2, 0.25) is 5.91 Å². The molecule has 28 heavy (non-hydrogen) atoms. The Morgan fingerprint density at radius 2 is 1.64 bits per heavy atom. The molecule has 0 saturated heterocycles. The Bertz CT molecular complexity index is 631. The summed E-state index contributed by atoms with van der Waals surface area (Å²) in [5, 5.41) is 21.8. The molecule has 10 nitrogen and oxygen atoms in total. The van der Waals surface area contributed by atoms with Crippen LogP contribution in [0.4, 0.5) is 5.69 Å². The fraction of sp³-hybridized carbons (Fsp3) is 0.444. The molecule has 0 heterocycles. The van der Waals surface area contributed by atoms with Crippen LogP contribution in [0, 0.1) is 0 Å². The summed E-state index contributed by atoms with van der Waals surface area (Å²) in [5.41, 5.74) is 0.700. The first-order valence-electron chi connectivity index (χ1n) is 8.74. The molecule has 4 N–H and O–H groups in total. The molecule has 0 aliphatic heterocycles. The summed E-state index contributed by atoms with van der Waals surface area (Å²) in [4.78, 5) is 42.1. The van der Waals surface area contributed by atoms with E-state index in [1.54, 1.807) is 24.3 Å². The summed E-state index contributed by atoms with van der Waals surface area (Å²) in [6.07, 6.45) is 0. The summed E-state index contributed by atoms with van der Waals surface area (Å²) in [7, 11) is 0. The first-order chi connectivity index (χ1) is 13.2. The summed E-state index contributed by atoms with van der Waals surface area (Å²) in [6.45, 7) is 9.41. The molecule has 0 aromatic heterocycles. The highest BCUT2D eigenvalue weighted by Crippen LogP contribution is 2.15. The van der Waals surface area contributed by atoms with Gasteiger partial charge in [-0.1, -0.05) is 0 Å².